The first kappa shape index (κ1) is 12.9. The van der Waals surface area contributed by atoms with Gasteiger partial charge in [0.15, 0.2) is 0 Å². The fourth-order valence-corrected chi connectivity index (χ4v) is 1.86. The van der Waals surface area contributed by atoms with E-state index >= 15 is 0 Å². The minimum absolute atomic E-state index is 0.0939. The molecule has 0 fully saturated rings. The highest BCUT2D eigenvalue weighted by Crippen LogP contribution is 2.11. The maximum Gasteiger partial charge on any atom is 0.272 e. The van der Waals surface area contributed by atoms with Crippen molar-refractivity contribution in [1.82, 2.24) is 9.13 Å². The van der Waals surface area contributed by atoms with Crippen LogP contribution in [0.5, 0.6) is 0 Å². The Labute approximate surface area is 110 Å². The van der Waals surface area contributed by atoms with Crippen molar-refractivity contribution < 1.29 is 4.79 Å². The van der Waals surface area contributed by atoms with Gasteiger partial charge in [-0.1, -0.05) is 0 Å². The minimum Gasteiger partial charge on any atom is -0.397 e. The van der Waals surface area contributed by atoms with Crippen molar-refractivity contribution in [3.63, 3.8) is 0 Å². The van der Waals surface area contributed by atoms with Gasteiger partial charge in [-0.2, -0.15) is 0 Å². The average molecular weight is 260 g/mol. The van der Waals surface area contributed by atoms with E-state index in [1.54, 1.807) is 36.1 Å². The number of carbonyl (C=O) groups is 1. The quantitative estimate of drug-likeness (QED) is 0.865. The molecule has 0 radical (unpaired) electrons. The minimum atomic E-state index is -0.263. The molecule has 1 amide bonds. The summed E-state index contributed by atoms with van der Waals surface area (Å²) in [5.41, 5.74) is 7.11. The van der Waals surface area contributed by atoms with E-state index in [4.69, 9.17) is 5.73 Å². The fraction of sp³-hybridized carbons (Fsp3) is 0.231. The monoisotopic (exact) mass is 260 g/mol. The molecule has 19 heavy (non-hydrogen) atoms. The highest BCUT2D eigenvalue weighted by atomic mass is 16.2. The number of nitrogens with zero attached hydrogens (tertiary/aromatic N) is 2. The topological polar surface area (TPSA) is 82.0 Å². The number of hydrogen-bond acceptors (Lipinski definition) is 3. The highest BCUT2D eigenvalue weighted by molar-refractivity contribution is 6.03. The zero-order valence-electron chi connectivity index (χ0n) is 10.9. The molecule has 0 aliphatic carbocycles. The number of nitrogens with one attached hydrogen (secondary N) is 1. The van der Waals surface area contributed by atoms with Crippen LogP contribution in [0.1, 0.15) is 17.4 Å². The number of nitrogens with two attached hydrogens (primary N) is 1. The normalized spacial score (nSPS) is 10.4. The van der Waals surface area contributed by atoms with E-state index in [-0.39, 0.29) is 11.5 Å². The number of aromatic nitrogens is 2. The summed E-state index contributed by atoms with van der Waals surface area (Å²) in [7, 11) is 1.75. The van der Waals surface area contributed by atoms with Crippen LogP contribution in [0.15, 0.2) is 35.4 Å². The molecule has 2 heterocycles. The molecule has 0 saturated heterocycles. The number of anilines is 2. The van der Waals surface area contributed by atoms with Gasteiger partial charge in [-0.3, -0.25) is 9.59 Å². The van der Waals surface area contributed by atoms with Crippen molar-refractivity contribution in [2.24, 2.45) is 7.05 Å². The van der Waals surface area contributed by atoms with E-state index in [1.165, 1.54) is 10.6 Å². The molecule has 2 aromatic rings. The van der Waals surface area contributed by atoms with Gasteiger partial charge in [0, 0.05) is 32.1 Å². The molecule has 2 aromatic heterocycles. The summed E-state index contributed by atoms with van der Waals surface area (Å²) in [6, 6.07) is 4.61. The number of rotatable bonds is 3. The first-order valence-corrected chi connectivity index (χ1v) is 5.95. The lowest BCUT2D eigenvalue weighted by molar-refractivity contribution is 0.101. The predicted octanol–water partition coefficient (Wildman–Crippen LogP) is 1.04. The summed E-state index contributed by atoms with van der Waals surface area (Å²) in [5, 5.41) is 2.74. The smallest absolute Gasteiger partial charge is 0.272 e. The second-order valence-corrected chi connectivity index (χ2v) is 4.27. The molecule has 6 heteroatoms. The largest absolute Gasteiger partial charge is 0.397 e. The molecule has 100 valence electrons. The predicted molar refractivity (Wildman–Crippen MR) is 74.2 cm³/mol. The SMILES string of the molecule is CCn1cc(NC(=O)c2cc(N)cn2C)ccc1=O. The molecule has 3 N–H and O–H groups in total. The lowest BCUT2D eigenvalue weighted by Gasteiger charge is -2.08. The van der Waals surface area contributed by atoms with Crippen LogP contribution in [-0.4, -0.2) is 15.0 Å². The van der Waals surface area contributed by atoms with Crippen LogP contribution in [0, 0.1) is 0 Å². The van der Waals surface area contributed by atoms with E-state index in [1.807, 2.05) is 6.92 Å². The molecule has 2 rings (SSSR count). The van der Waals surface area contributed by atoms with Gasteiger partial charge in [0.2, 0.25) is 0 Å². The van der Waals surface area contributed by atoms with Crippen molar-refractivity contribution in [3.8, 4) is 0 Å². The first-order valence-electron chi connectivity index (χ1n) is 5.95. The van der Waals surface area contributed by atoms with Gasteiger partial charge in [0.1, 0.15) is 5.69 Å². The van der Waals surface area contributed by atoms with Crippen LogP contribution >= 0.6 is 0 Å². The van der Waals surface area contributed by atoms with Gasteiger partial charge >= 0.3 is 0 Å². The number of nitrogen functional groups attached to an aromatic ring is 1. The standard InChI is InChI=1S/C13H16N4O2/c1-3-17-8-10(4-5-12(17)18)15-13(19)11-6-9(14)7-16(11)2/h4-8H,3,14H2,1-2H3,(H,15,19). The maximum absolute atomic E-state index is 12.1. The Balaban J connectivity index is 2.24. The molecule has 0 aliphatic heterocycles. The summed E-state index contributed by atoms with van der Waals surface area (Å²) < 4.78 is 3.18. The van der Waals surface area contributed by atoms with Crippen LogP contribution in [0.3, 0.4) is 0 Å². The van der Waals surface area contributed by atoms with Crippen LogP contribution in [0.2, 0.25) is 0 Å². The van der Waals surface area contributed by atoms with Crippen LogP contribution in [0.4, 0.5) is 11.4 Å². The molecule has 0 bridgehead atoms. The Bertz CT molecular complexity index is 670. The number of amides is 1. The summed E-state index contributed by atoms with van der Waals surface area (Å²) >= 11 is 0. The first-order chi connectivity index (χ1) is 9.01. The van der Waals surface area contributed by atoms with Gasteiger partial charge in [-0.15, -0.1) is 0 Å². The van der Waals surface area contributed by atoms with E-state index in [0.29, 0.717) is 23.6 Å². The molecule has 0 aromatic carbocycles. The van der Waals surface area contributed by atoms with E-state index in [0.717, 1.165) is 0 Å². The summed E-state index contributed by atoms with van der Waals surface area (Å²) in [5.74, 6) is -0.263. The Morgan fingerprint density at radius 3 is 2.68 bits per heavy atom. The van der Waals surface area contributed by atoms with E-state index in [2.05, 4.69) is 5.32 Å². The molecule has 6 nitrogen and oxygen atoms in total. The number of pyridine rings is 1. The highest BCUT2D eigenvalue weighted by Gasteiger charge is 2.11. The third kappa shape index (κ3) is 2.67. The second-order valence-electron chi connectivity index (χ2n) is 4.27. The number of hydrogen-bond donors (Lipinski definition) is 2. The van der Waals surface area contributed by atoms with E-state index in [9.17, 15) is 9.59 Å². The molecule has 0 unspecified atom stereocenters. The van der Waals surface area contributed by atoms with Crippen molar-refractivity contribution in [2.45, 2.75) is 13.5 Å². The Kier molecular flexibility index (Phi) is 3.41. The number of carbonyl (C=O) groups excluding carboxylic acids is 1. The van der Waals surface area contributed by atoms with Gasteiger partial charge in [-0.05, 0) is 19.1 Å². The average Bonchev–Trinajstić information content (AvgIpc) is 2.71. The molecule has 0 aliphatic rings. The zero-order chi connectivity index (χ0) is 14.0. The van der Waals surface area contributed by atoms with Crippen LogP contribution < -0.4 is 16.6 Å². The molecular formula is C13H16N4O2. The van der Waals surface area contributed by atoms with Crippen molar-refractivity contribution in [1.29, 1.82) is 0 Å². The third-order valence-corrected chi connectivity index (χ3v) is 2.84. The molecule has 0 spiro atoms. The Morgan fingerprint density at radius 1 is 1.37 bits per heavy atom. The van der Waals surface area contributed by atoms with Gasteiger partial charge in [0.25, 0.3) is 11.5 Å². The van der Waals surface area contributed by atoms with Gasteiger partial charge < -0.3 is 20.2 Å². The van der Waals surface area contributed by atoms with Crippen molar-refractivity contribution in [2.75, 3.05) is 11.1 Å². The molecule has 0 atom stereocenters. The van der Waals surface area contributed by atoms with Crippen LogP contribution in [0.25, 0.3) is 0 Å². The lowest BCUT2D eigenvalue weighted by atomic mass is 10.3. The summed E-state index contributed by atoms with van der Waals surface area (Å²) in [6.45, 7) is 2.42. The molecular weight excluding hydrogens is 244 g/mol. The summed E-state index contributed by atoms with van der Waals surface area (Å²) in [6.07, 6.45) is 3.29. The Morgan fingerprint density at radius 2 is 2.11 bits per heavy atom. The maximum atomic E-state index is 12.1. The second kappa shape index (κ2) is 5.01. The third-order valence-electron chi connectivity index (χ3n) is 2.84. The van der Waals surface area contributed by atoms with Crippen molar-refractivity contribution >= 4 is 17.3 Å². The van der Waals surface area contributed by atoms with Gasteiger partial charge in [0.05, 0.1) is 11.4 Å². The zero-order valence-corrected chi connectivity index (χ0v) is 10.9. The molecule has 0 saturated carbocycles. The lowest BCUT2D eigenvalue weighted by Crippen LogP contribution is -2.20. The fourth-order valence-electron chi connectivity index (χ4n) is 1.86. The van der Waals surface area contributed by atoms with Crippen molar-refractivity contribution in [3.05, 3.63) is 46.6 Å². The van der Waals surface area contributed by atoms with E-state index < -0.39 is 0 Å². The summed E-state index contributed by atoms with van der Waals surface area (Å²) in [4.78, 5) is 23.5. The van der Waals surface area contributed by atoms with Crippen LogP contribution in [-0.2, 0) is 13.6 Å². The number of aryl methyl sites for hydroxylation is 2. The Hall–Kier alpha value is -2.50. The van der Waals surface area contributed by atoms with Gasteiger partial charge in [-0.25, -0.2) is 0 Å².